The van der Waals surface area contributed by atoms with Gasteiger partial charge < -0.3 is 20.1 Å². The molecule has 2 amide bonds. The highest BCUT2D eigenvalue weighted by molar-refractivity contribution is 9.10. The molecular formula is C43H30BrClF3N9O4. The van der Waals surface area contributed by atoms with Crippen LogP contribution in [-0.4, -0.2) is 67.4 Å². The number of hydrogen-bond acceptors (Lipinski definition) is 11. The van der Waals surface area contributed by atoms with Gasteiger partial charge in [-0.15, -0.1) is 0 Å². The van der Waals surface area contributed by atoms with E-state index in [9.17, 15) is 22.8 Å². The Kier molecular flexibility index (Phi) is 9.62. The molecule has 4 aromatic heterocycles. The monoisotopic (exact) mass is 907 g/mol. The molecule has 4 aliphatic rings. The SMILES string of the molecule is CC1=NC2(CC(=O)N1C)c1cc(Br)ccc1Oc1c2cc(Cl)nc1F.CN1C(=O)CC2(N=C1N)c1cc(-c3cccnc3F)ccc1Oc1cnc(-c3cccnc3F)cc12. The maximum atomic E-state index is 14.5. The lowest BCUT2D eigenvalue weighted by molar-refractivity contribution is -0.129. The van der Waals surface area contributed by atoms with E-state index in [1.54, 1.807) is 81.7 Å². The van der Waals surface area contributed by atoms with Crippen LogP contribution in [0.15, 0.2) is 106 Å². The number of fused-ring (bicyclic) bond motifs is 8. The van der Waals surface area contributed by atoms with Crippen molar-refractivity contribution in [3.63, 3.8) is 0 Å². The van der Waals surface area contributed by atoms with Crippen LogP contribution < -0.4 is 15.2 Å². The van der Waals surface area contributed by atoms with Crippen LogP contribution in [0.4, 0.5) is 13.2 Å². The maximum Gasteiger partial charge on any atom is 0.257 e. The number of ether oxygens (including phenoxy) is 2. The van der Waals surface area contributed by atoms with Gasteiger partial charge in [0.1, 0.15) is 33.6 Å². The molecule has 0 radical (unpaired) electrons. The fraction of sp³-hybridized carbons (Fsp3) is 0.163. The number of amidine groups is 1. The molecule has 0 saturated carbocycles. The number of amides is 2. The molecule has 0 saturated heterocycles. The van der Waals surface area contributed by atoms with Crippen LogP contribution in [0.3, 0.4) is 0 Å². The average Bonchev–Trinajstić information content (AvgIpc) is 3.23. The first-order valence-corrected chi connectivity index (χ1v) is 19.7. The van der Waals surface area contributed by atoms with E-state index >= 15 is 0 Å². The number of guanidine groups is 1. The molecule has 8 heterocycles. The Morgan fingerprint density at radius 3 is 2.03 bits per heavy atom. The van der Waals surface area contributed by atoms with Gasteiger partial charge in [0.25, 0.3) is 5.95 Å². The first-order chi connectivity index (χ1) is 29.2. The number of pyridine rings is 4. The summed E-state index contributed by atoms with van der Waals surface area (Å²) in [5.41, 5.74) is 7.15. The molecule has 4 aliphatic heterocycles. The normalized spacial score (nSPS) is 19.7. The summed E-state index contributed by atoms with van der Waals surface area (Å²) in [6, 6.07) is 20.0. The lowest BCUT2D eigenvalue weighted by Gasteiger charge is -2.41. The van der Waals surface area contributed by atoms with Gasteiger partial charge in [0.2, 0.25) is 23.7 Å². The molecule has 6 aromatic rings. The van der Waals surface area contributed by atoms with Crippen LogP contribution in [0.25, 0.3) is 22.4 Å². The molecule has 18 heteroatoms. The second-order valence-electron chi connectivity index (χ2n) is 14.5. The molecule has 306 valence electrons. The molecule has 0 aliphatic carbocycles. The van der Waals surface area contributed by atoms with Crippen molar-refractivity contribution in [3.05, 3.63) is 141 Å². The molecule has 2 aromatic carbocycles. The Morgan fingerprint density at radius 1 is 0.721 bits per heavy atom. The van der Waals surface area contributed by atoms with E-state index in [1.165, 1.54) is 34.5 Å². The minimum Gasteiger partial charge on any atom is -0.455 e. The van der Waals surface area contributed by atoms with Crippen molar-refractivity contribution in [3.8, 4) is 45.4 Å². The number of halogens is 5. The molecular weight excluding hydrogens is 879 g/mol. The van der Waals surface area contributed by atoms with Crippen molar-refractivity contribution >= 4 is 51.1 Å². The van der Waals surface area contributed by atoms with E-state index in [0.29, 0.717) is 56.6 Å². The van der Waals surface area contributed by atoms with Crippen LogP contribution in [0.1, 0.15) is 42.0 Å². The van der Waals surface area contributed by atoms with E-state index in [1.807, 2.05) is 6.07 Å². The lowest BCUT2D eigenvalue weighted by atomic mass is 9.76. The van der Waals surface area contributed by atoms with E-state index in [-0.39, 0.29) is 52.6 Å². The highest BCUT2D eigenvalue weighted by Crippen LogP contribution is 2.55. The topological polar surface area (TPSA) is 161 Å². The van der Waals surface area contributed by atoms with E-state index in [0.717, 1.165) is 4.47 Å². The summed E-state index contributed by atoms with van der Waals surface area (Å²) in [6.07, 6.45) is 4.14. The van der Waals surface area contributed by atoms with Gasteiger partial charge >= 0.3 is 0 Å². The third kappa shape index (κ3) is 6.55. The van der Waals surface area contributed by atoms with Crippen molar-refractivity contribution in [2.24, 2.45) is 15.7 Å². The Hall–Kier alpha value is -6.72. The molecule has 13 nitrogen and oxygen atoms in total. The van der Waals surface area contributed by atoms with Crippen molar-refractivity contribution in [1.82, 2.24) is 29.7 Å². The van der Waals surface area contributed by atoms with E-state index in [4.69, 9.17) is 36.8 Å². The van der Waals surface area contributed by atoms with Crippen molar-refractivity contribution < 1.29 is 32.2 Å². The number of aromatic nitrogens is 4. The van der Waals surface area contributed by atoms with E-state index in [2.05, 4.69) is 35.9 Å². The average molecular weight is 909 g/mol. The van der Waals surface area contributed by atoms with Gasteiger partial charge in [0.15, 0.2) is 17.5 Å². The fourth-order valence-electron chi connectivity index (χ4n) is 7.90. The molecule has 2 N–H and O–H groups in total. The minimum absolute atomic E-state index is 0.00827. The third-order valence-electron chi connectivity index (χ3n) is 11.1. The van der Waals surface area contributed by atoms with Gasteiger partial charge in [-0.3, -0.25) is 24.5 Å². The smallest absolute Gasteiger partial charge is 0.257 e. The van der Waals surface area contributed by atoms with Gasteiger partial charge in [-0.05, 0) is 79.2 Å². The second kappa shape index (κ2) is 14.8. The highest BCUT2D eigenvalue weighted by Gasteiger charge is 2.50. The molecule has 0 bridgehead atoms. The predicted molar refractivity (Wildman–Crippen MR) is 222 cm³/mol. The van der Waals surface area contributed by atoms with Crippen LogP contribution >= 0.6 is 27.5 Å². The number of hydrogen-bond donors (Lipinski definition) is 1. The van der Waals surface area contributed by atoms with Crippen molar-refractivity contribution in [2.45, 2.75) is 30.8 Å². The summed E-state index contributed by atoms with van der Waals surface area (Å²) in [4.78, 5) is 53.4. The van der Waals surface area contributed by atoms with Crippen LogP contribution in [0.5, 0.6) is 23.0 Å². The molecule has 10 rings (SSSR count). The largest absolute Gasteiger partial charge is 0.455 e. The number of nitrogens with two attached hydrogens (primary N) is 1. The summed E-state index contributed by atoms with van der Waals surface area (Å²) < 4.78 is 56.1. The molecule has 61 heavy (non-hydrogen) atoms. The Balaban J connectivity index is 0.000000167. The lowest BCUT2D eigenvalue weighted by Crippen LogP contribution is -2.49. The van der Waals surface area contributed by atoms with Crippen LogP contribution in [0, 0.1) is 17.8 Å². The predicted octanol–water partition coefficient (Wildman–Crippen LogP) is 8.28. The molecule has 2 spiro atoms. The number of aliphatic imine (C=N–C) groups is 2. The number of rotatable bonds is 2. The van der Waals surface area contributed by atoms with Gasteiger partial charge in [-0.25, -0.2) is 19.9 Å². The Morgan fingerprint density at radius 2 is 1.34 bits per heavy atom. The molecule has 0 fully saturated rings. The number of carbonyl (C=O) groups excluding carboxylic acids is 2. The van der Waals surface area contributed by atoms with Crippen molar-refractivity contribution in [2.75, 3.05) is 14.1 Å². The number of nitrogens with zero attached hydrogens (tertiary/aromatic N) is 8. The second-order valence-corrected chi connectivity index (χ2v) is 15.8. The van der Waals surface area contributed by atoms with Gasteiger partial charge in [-0.2, -0.15) is 13.2 Å². The van der Waals surface area contributed by atoms with Crippen LogP contribution in [0.2, 0.25) is 5.15 Å². The quantitative estimate of drug-likeness (QED) is 0.169. The summed E-state index contributed by atoms with van der Waals surface area (Å²) in [5, 5.41) is -0.0168. The van der Waals surface area contributed by atoms with Gasteiger partial charge in [0.05, 0.1) is 30.3 Å². The summed E-state index contributed by atoms with van der Waals surface area (Å²) >= 11 is 9.42. The number of carbonyl (C=O) groups is 2. The van der Waals surface area contributed by atoms with Gasteiger partial charge in [-0.1, -0.05) is 33.6 Å². The Labute approximate surface area is 358 Å². The van der Waals surface area contributed by atoms with Crippen molar-refractivity contribution in [1.29, 1.82) is 0 Å². The third-order valence-corrected chi connectivity index (χ3v) is 11.7. The first-order valence-electron chi connectivity index (χ1n) is 18.5. The van der Waals surface area contributed by atoms with E-state index < -0.39 is 28.9 Å². The highest BCUT2D eigenvalue weighted by atomic mass is 79.9. The summed E-state index contributed by atoms with van der Waals surface area (Å²) in [6.45, 7) is 1.74. The zero-order valence-electron chi connectivity index (χ0n) is 32.3. The molecule has 2 atom stereocenters. The zero-order chi connectivity index (χ0) is 43.0. The molecule has 2 unspecified atom stereocenters. The van der Waals surface area contributed by atoms with Crippen LogP contribution in [-0.2, 0) is 20.7 Å². The number of benzene rings is 2. The zero-order valence-corrected chi connectivity index (χ0v) is 34.6. The van der Waals surface area contributed by atoms with Gasteiger partial charge in [0, 0.05) is 58.8 Å². The summed E-state index contributed by atoms with van der Waals surface area (Å²) in [7, 11) is 3.20. The Bertz CT molecular complexity index is 2840. The summed E-state index contributed by atoms with van der Waals surface area (Å²) in [5.74, 6) is -0.841. The standard InChI is InChI=1S/C26H18F2N6O2.C17H12BrClFN3O2/c1-34-22(35)12-26(33-25(34)29)17-10-14(15-4-2-8-30-23(15)27)6-7-20(17)36-21-13-32-19(11-18(21)26)16-5-3-9-31-24(16)28;1-8-22-17(7-14(24)23(8)2)10-5-9(18)3-4-12(10)25-15-11(17)6-13(19)21-16(15)20/h2-11,13H,12H2,1H3,(H2,29,33);3-6H,7H2,1-2H3. The fourth-order valence-corrected chi connectivity index (χ4v) is 8.44. The maximum absolute atomic E-state index is 14.5. The minimum atomic E-state index is -1.30. The first kappa shape index (κ1) is 39.7.